The molecule has 0 aromatic carbocycles. The van der Waals surface area contributed by atoms with Crippen LogP contribution >= 0.6 is 11.8 Å². The molecule has 20 heavy (non-hydrogen) atoms. The van der Waals surface area contributed by atoms with E-state index in [0.717, 1.165) is 47.7 Å². The van der Waals surface area contributed by atoms with E-state index in [1.54, 1.807) is 0 Å². The molecule has 1 N–H and O–H groups in total. The van der Waals surface area contributed by atoms with Crippen molar-refractivity contribution in [3.05, 3.63) is 23.3 Å². The fourth-order valence-corrected chi connectivity index (χ4v) is 3.85. The summed E-state index contributed by atoms with van der Waals surface area (Å²) in [5, 5.41) is 4.24. The van der Waals surface area contributed by atoms with Gasteiger partial charge in [-0.25, -0.2) is 9.97 Å². The molecular weight excluding hydrogens is 266 g/mol. The van der Waals surface area contributed by atoms with Gasteiger partial charge in [0.1, 0.15) is 5.82 Å². The highest BCUT2D eigenvalue weighted by atomic mass is 32.2. The van der Waals surface area contributed by atoms with Gasteiger partial charge in [-0.3, -0.25) is 0 Å². The van der Waals surface area contributed by atoms with E-state index in [-0.39, 0.29) is 0 Å². The Kier molecular flexibility index (Phi) is 6.80. The molecule has 1 heterocycles. The van der Waals surface area contributed by atoms with Gasteiger partial charge in [0, 0.05) is 17.5 Å². The fourth-order valence-electron chi connectivity index (χ4n) is 2.67. The summed E-state index contributed by atoms with van der Waals surface area (Å²) in [7, 11) is 0. The van der Waals surface area contributed by atoms with Gasteiger partial charge in [0.15, 0.2) is 0 Å². The summed E-state index contributed by atoms with van der Waals surface area (Å²) in [4.78, 5) is 9.28. The van der Waals surface area contributed by atoms with Crippen molar-refractivity contribution < 1.29 is 0 Å². The molecule has 1 aromatic rings. The van der Waals surface area contributed by atoms with Crippen molar-refractivity contribution in [2.24, 2.45) is 0 Å². The van der Waals surface area contributed by atoms with Crippen LogP contribution in [-0.2, 0) is 12.3 Å². The standard InChI is InChI=1S/C16H27N3S/c1-3-9-17-11-14-10-13(2)18-16(19-14)12-20-15-7-5-4-6-8-15/h10,15,17H,3-9,11-12H2,1-2H3. The predicted molar refractivity (Wildman–Crippen MR) is 86.9 cm³/mol. The summed E-state index contributed by atoms with van der Waals surface area (Å²) in [5.74, 6) is 1.97. The molecule has 1 aliphatic carbocycles. The lowest BCUT2D eigenvalue weighted by molar-refractivity contribution is 0.516. The average molecular weight is 293 g/mol. The van der Waals surface area contributed by atoms with Crippen molar-refractivity contribution in [2.75, 3.05) is 6.54 Å². The highest BCUT2D eigenvalue weighted by Gasteiger charge is 2.14. The Morgan fingerprint density at radius 3 is 2.80 bits per heavy atom. The molecule has 0 amide bonds. The van der Waals surface area contributed by atoms with Crippen molar-refractivity contribution >= 4 is 11.8 Å². The minimum Gasteiger partial charge on any atom is -0.311 e. The molecule has 4 heteroatoms. The first-order valence-corrected chi connectivity index (χ1v) is 8.98. The van der Waals surface area contributed by atoms with Crippen LogP contribution in [0.3, 0.4) is 0 Å². The first kappa shape index (κ1) is 15.8. The molecule has 1 aromatic heterocycles. The van der Waals surface area contributed by atoms with Crippen molar-refractivity contribution in [2.45, 2.75) is 69.9 Å². The number of aromatic nitrogens is 2. The molecule has 0 unspecified atom stereocenters. The van der Waals surface area contributed by atoms with Crippen LogP contribution in [0.15, 0.2) is 6.07 Å². The summed E-state index contributed by atoms with van der Waals surface area (Å²) < 4.78 is 0. The lowest BCUT2D eigenvalue weighted by Gasteiger charge is -2.20. The quantitative estimate of drug-likeness (QED) is 0.775. The van der Waals surface area contributed by atoms with Gasteiger partial charge in [0.2, 0.25) is 0 Å². The summed E-state index contributed by atoms with van der Waals surface area (Å²) in [6.45, 7) is 6.16. The van der Waals surface area contributed by atoms with Crippen LogP contribution in [0.25, 0.3) is 0 Å². The van der Waals surface area contributed by atoms with Crippen molar-refractivity contribution in [1.29, 1.82) is 0 Å². The van der Waals surface area contributed by atoms with Crippen LogP contribution in [0.1, 0.15) is 62.7 Å². The number of hydrogen-bond acceptors (Lipinski definition) is 4. The number of rotatable bonds is 7. The molecule has 1 fully saturated rings. The van der Waals surface area contributed by atoms with Crippen molar-refractivity contribution in [3.8, 4) is 0 Å². The third kappa shape index (κ3) is 5.41. The summed E-state index contributed by atoms with van der Waals surface area (Å²) >= 11 is 2.05. The van der Waals surface area contributed by atoms with Crippen LogP contribution < -0.4 is 5.32 Å². The second-order valence-electron chi connectivity index (χ2n) is 5.66. The molecule has 0 aliphatic heterocycles. The Morgan fingerprint density at radius 2 is 2.05 bits per heavy atom. The zero-order valence-corrected chi connectivity index (χ0v) is 13.6. The molecule has 0 radical (unpaired) electrons. The normalized spacial score (nSPS) is 16.5. The molecule has 1 aliphatic rings. The Balaban J connectivity index is 1.86. The van der Waals surface area contributed by atoms with Crippen LogP contribution in [0.4, 0.5) is 0 Å². The van der Waals surface area contributed by atoms with E-state index in [0.29, 0.717) is 0 Å². The Bertz CT molecular complexity index is 403. The molecule has 0 saturated heterocycles. The second kappa shape index (κ2) is 8.63. The van der Waals surface area contributed by atoms with E-state index in [4.69, 9.17) is 4.98 Å². The van der Waals surface area contributed by atoms with Crippen molar-refractivity contribution in [3.63, 3.8) is 0 Å². The minimum atomic E-state index is 0.828. The molecule has 1 saturated carbocycles. The van der Waals surface area contributed by atoms with E-state index in [9.17, 15) is 0 Å². The molecule has 0 spiro atoms. The van der Waals surface area contributed by atoms with Crippen LogP contribution in [0.2, 0.25) is 0 Å². The molecule has 2 rings (SSSR count). The lowest BCUT2D eigenvalue weighted by atomic mass is 10.0. The Morgan fingerprint density at radius 1 is 1.25 bits per heavy atom. The van der Waals surface area contributed by atoms with Gasteiger partial charge in [0.25, 0.3) is 0 Å². The zero-order chi connectivity index (χ0) is 14.2. The monoisotopic (exact) mass is 293 g/mol. The minimum absolute atomic E-state index is 0.828. The number of nitrogens with zero attached hydrogens (tertiary/aromatic N) is 2. The van der Waals surface area contributed by atoms with Gasteiger partial charge in [-0.15, -0.1) is 0 Å². The van der Waals surface area contributed by atoms with Crippen LogP contribution in [0.5, 0.6) is 0 Å². The maximum Gasteiger partial charge on any atom is 0.138 e. The van der Waals surface area contributed by atoms with Crippen molar-refractivity contribution in [1.82, 2.24) is 15.3 Å². The van der Waals surface area contributed by atoms with Gasteiger partial charge >= 0.3 is 0 Å². The molecule has 3 nitrogen and oxygen atoms in total. The molecule has 0 atom stereocenters. The number of hydrogen-bond donors (Lipinski definition) is 1. The molecule has 0 bridgehead atoms. The largest absolute Gasteiger partial charge is 0.311 e. The van der Waals surface area contributed by atoms with E-state index in [2.05, 4.69) is 42.0 Å². The van der Waals surface area contributed by atoms with E-state index in [1.807, 2.05) is 0 Å². The van der Waals surface area contributed by atoms with Gasteiger partial charge in [0.05, 0.1) is 11.4 Å². The molecular formula is C16H27N3S. The zero-order valence-electron chi connectivity index (χ0n) is 12.8. The maximum atomic E-state index is 4.70. The highest BCUT2D eigenvalue weighted by Crippen LogP contribution is 2.29. The second-order valence-corrected chi connectivity index (χ2v) is 6.95. The topological polar surface area (TPSA) is 37.8 Å². The van der Waals surface area contributed by atoms with Gasteiger partial charge in [-0.05, 0) is 38.8 Å². The van der Waals surface area contributed by atoms with Gasteiger partial charge in [-0.2, -0.15) is 11.8 Å². The third-order valence-corrected chi connectivity index (χ3v) is 5.05. The lowest BCUT2D eigenvalue weighted by Crippen LogP contribution is -2.16. The average Bonchev–Trinajstić information content (AvgIpc) is 2.46. The fraction of sp³-hybridized carbons (Fsp3) is 0.750. The number of thioether (sulfide) groups is 1. The first-order chi connectivity index (χ1) is 9.78. The van der Waals surface area contributed by atoms with E-state index in [1.165, 1.54) is 32.1 Å². The first-order valence-electron chi connectivity index (χ1n) is 7.93. The van der Waals surface area contributed by atoms with Gasteiger partial charge in [-0.1, -0.05) is 26.2 Å². The predicted octanol–water partition coefficient (Wildman–Crippen LogP) is 3.85. The maximum absolute atomic E-state index is 4.70. The Hall–Kier alpha value is -0.610. The van der Waals surface area contributed by atoms with Gasteiger partial charge < -0.3 is 5.32 Å². The van der Waals surface area contributed by atoms with Crippen LogP contribution in [-0.4, -0.2) is 21.8 Å². The SMILES string of the molecule is CCCNCc1cc(C)nc(CSC2CCCCC2)n1. The van der Waals surface area contributed by atoms with E-state index >= 15 is 0 Å². The highest BCUT2D eigenvalue weighted by molar-refractivity contribution is 7.99. The Labute approximate surface area is 127 Å². The van der Waals surface area contributed by atoms with Crippen LogP contribution in [0, 0.1) is 6.92 Å². The summed E-state index contributed by atoms with van der Waals surface area (Å²) in [6, 6.07) is 2.09. The van der Waals surface area contributed by atoms with E-state index < -0.39 is 0 Å². The number of nitrogens with one attached hydrogen (secondary N) is 1. The summed E-state index contributed by atoms with van der Waals surface area (Å²) in [6.07, 6.45) is 8.14. The molecule has 112 valence electrons. The number of aryl methyl sites for hydroxylation is 1. The third-order valence-electron chi connectivity index (χ3n) is 3.69. The summed E-state index contributed by atoms with van der Waals surface area (Å²) in [5.41, 5.74) is 2.22. The smallest absolute Gasteiger partial charge is 0.138 e.